The zero-order chi connectivity index (χ0) is 24.8. The van der Waals surface area contributed by atoms with Crippen LogP contribution in [0.1, 0.15) is 46.0 Å². The summed E-state index contributed by atoms with van der Waals surface area (Å²) in [5.74, 6) is 0.408. The zero-order valence-corrected chi connectivity index (χ0v) is 20.5. The van der Waals surface area contributed by atoms with Crippen molar-refractivity contribution in [2.45, 2.75) is 63.1 Å². The smallest absolute Gasteiger partial charge is 0.255 e. The number of piperidine rings is 2. The molecule has 184 valence electrons. The number of anilines is 1. The summed E-state index contributed by atoms with van der Waals surface area (Å²) < 4.78 is 18.6. The van der Waals surface area contributed by atoms with E-state index in [1.807, 2.05) is 0 Å². The molecular formula is C26H31FN6O2. The normalized spacial score (nSPS) is 25.8. The summed E-state index contributed by atoms with van der Waals surface area (Å²) in [6, 6.07) is 6.97. The second kappa shape index (κ2) is 8.71. The third-order valence-corrected chi connectivity index (χ3v) is 7.49. The van der Waals surface area contributed by atoms with Crippen LogP contribution in [0.25, 0.3) is 22.5 Å². The Bertz CT molecular complexity index is 1220. The van der Waals surface area contributed by atoms with Crippen molar-refractivity contribution in [3.05, 3.63) is 42.6 Å². The van der Waals surface area contributed by atoms with Crippen LogP contribution >= 0.6 is 0 Å². The van der Waals surface area contributed by atoms with E-state index in [1.165, 1.54) is 38.6 Å². The molecule has 2 aliphatic heterocycles. The van der Waals surface area contributed by atoms with Crippen LogP contribution in [0.3, 0.4) is 0 Å². The third kappa shape index (κ3) is 4.52. The largest absolute Gasteiger partial charge is 0.507 e. The summed E-state index contributed by atoms with van der Waals surface area (Å²) in [4.78, 5) is 10.4. The van der Waals surface area contributed by atoms with E-state index in [-0.39, 0.29) is 22.6 Å². The molecule has 3 atom stereocenters. The number of hydrogen-bond acceptors (Lipinski definition) is 8. The Morgan fingerprint density at radius 3 is 2.43 bits per heavy atom. The van der Waals surface area contributed by atoms with Crippen LogP contribution in [0, 0.1) is 5.95 Å². The van der Waals surface area contributed by atoms with Gasteiger partial charge in [-0.2, -0.15) is 4.39 Å². The van der Waals surface area contributed by atoms with Gasteiger partial charge in [-0.15, -0.1) is 10.2 Å². The Balaban J connectivity index is 1.35. The van der Waals surface area contributed by atoms with Gasteiger partial charge < -0.3 is 20.1 Å². The lowest BCUT2D eigenvalue weighted by atomic mass is 9.69. The maximum atomic E-state index is 13.6. The van der Waals surface area contributed by atoms with Crippen LogP contribution in [0.2, 0.25) is 0 Å². The summed E-state index contributed by atoms with van der Waals surface area (Å²) in [6.07, 6.45) is 8.84. The molecule has 1 aromatic carbocycles. The van der Waals surface area contributed by atoms with E-state index < -0.39 is 5.95 Å². The second-order valence-corrected chi connectivity index (χ2v) is 10.4. The Morgan fingerprint density at radius 2 is 1.80 bits per heavy atom. The van der Waals surface area contributed by atoms with Crippen LogP contribution < -0.4 is 15.0 Å². The van der Waals surface area contributed by atoms with Crippen LogP contribution in [-0.2, 0) is 0 Å². The van der Waals surface area contributed by atoms with E-state index in [9.17, 15) is 9.50 Å². The van der Waals surface area contributed by atoms with Gasteiger partial charge in [-0.05, 0) is 69.7 Å². The number of benzene rings is 1. The summed E-state index contributed by atoms with van der Waals surface area (Å²) in [5.41, 5.74) is 2.04. The molecule has 2 aromatic heterocycles. The van der Waals surface area contributed by atoms with Crippen molar-refractivity contribution in [2.24, 2.45) is 0 Å². The van der Waals surface area contributed by atoms with Crippen LogP contribution in [-0.4, -0.2) is 56.5 Å². The number of rotatable bonds is 5. The standard InChI is InChI=1S/C26H31FN6O2/c1-25-8-5-9-26(2,32-25)13-18(12-25)33(3)22-15-29-24(31-30-22)19-7-6-16(10-20(19)34)17-11-21(35-4)23(27)28-14-17/h6-7,10-11,14-15,18,32,34H,5,8-9,12-13H2,1-4H3/t18-,25-,26+. The predicted molar refractivity (Wildman–Crippen MR) is 132 cm³/mol. The quantitative estimate of drug-likeness (QED) is 0.523. The first-order chi connectivity index (χ1) is 16.7. The number of pyridine rings is 1. The third-order valence-electron chi connectivity index (χ3n) is 7.49. The fourth-order valence-electron chi connectivity index (χ4n) is 5.78. The van der Waals surface area contributed by atoms with Gasteiger partial charge in [0.2, 0.25) is 0 Å². The molecule has 2 N–H and O–H groups in total. The number of nitrogens with zero attached hydrogens (tertiary/aromatic N) is 5. The molecule has 2 fully saturated rings. The van der Waals surface area contributed by atoms with E-state index >= 15 is 0 Å². The van der Waals surface area contributed by atoms with E-state index in [4.69, 9.17) is 4.74 Å². The van der Waals surface area contributed by atoms with Gasteiger partial charge in [-0.3, -0.25) is 0 Å². The highest BCUT2D eigenvalue weighted by molar-refractivity contribution is 5.73. The minimum absolute atomic E-state index is 0.000672. The number of aromatic nitrogens is 4. The number of aromatic hydroxyl groups is 1. The first-order valence-corrected chi connectivity index (χ1v) is 11.9. The lowest BCUT2D eigenvalue weighted by Gasteiger charge is -2.55. The van der Waals surface area contributed by atoms with Crippen LogP contribution in [0.4, 0.5) is 10.2 Å². The topological polar surface area (TPSA) is 96.3 Å². The SMILES string of the molecule is COc1cc(-c2ccc(-c3ncc(N(C)[C@H]4C[C@]5(C)CCC[C@](C)(C4)N5)nn3)c(O)c2)cnc1F. The molecule has 3 aromatic rings. The van der Waals surface area contributed by atoms with Gasteiger partial charge in [-0.25, -0.2) is 9.97 Å². The molecule has 5 rings (SSSR count). The van der Waals surface area contributed by atoms with Gasteiger partial charge in [0, 0.05) is 35.9 Å². The molecule has 2 bridgehead atoms. The van der Waals surface area contributed by atoms with Crippen molar-refractivity contribution in [1.29, 1.82) is 0 Å². The number of nitrogens with one attached hydrogen (secondary N) is 1. The summed E-state index contributed by atoms with van der Waals surface area (Å²) in [5, 5.41) is 23.3. The summed E-state index contributed by atoms with van der Waals surface area (Å²) in [7, 11) is 3.44. The molecule has 9 heteroatoms. The molecule has 0 aliphatic carbocycles. The molecule has 0 radical (unpaired) electrons. The van der Waals surface area contributed by atoms with Gasteiger partial charge in [-0.1, -0.05) is 6.07 Å². The fraction of sp³-hybridized carbons (Fsp3) is 0.462. The Kier molecular flexibility index (Phi) is 5.83. The van der Waals surface area contributed by atoms with Crippen molar-refractivity contribution < 1.29 is 14.2 Å². The predicted octanol–water partition coefficient (Wildman–Crippen LogP) is 4.34. The first-order valence-electron chi connectivity index (χ1n) is 11.9. The van der Waals surface area contributed by atoms with Crippen molar-refractivity contribution in [3.63, 3.8) is 0 Å². The summed E-state index contributed by atoms with van der Waals surface area (Å²) >= 11 is 0. The van der Waals surface area contributed by atoms with E-state index in [2.05, 4.69) is 51.3 Å². The number of ether oxygens (including phenoxy) is 1. The average Bonchev–Trinajstić information content (AvgIpc) is 2.82. The van der Waals surface area contributed by atoms with Gasteiger partial charge in [0.15, 0.2) is 17.4 Å². The molecule has 0 spiro atoms. The fourth-order valence-corrected chi connectivity index (χ4v) is 5.78. The van der Waals surface area contributed by atoms with E-state index in [1.54, 1.807) is 24.4 Å². The van der Waals surface area contributed by atoms with Crippen LogP contribution in [0.5, 0.6) is 11.5 Å². The average molecular weight is 479 g/mol. The number of hydrogen-bond donors (Lipinski definition) is 2. The zero-order valence-electron chi connectivity index (χ0n) is 20.5. The van der Waals surface area contributed by atoms with Gasteiger partial charge in [0.1, 0.15) is 5.75 Å². The molecule has 0 saturated carbocycles. The first kappa shape index (κ1) is 23.4. The van der Waals surface area contributed by atoms with Gasteiger partial charge in [0.25, 0.3) is 5.95 Å². The van der Waals surface area contributed by atoms with Crippen molar-refractivity contribution in [2.75, 3.05) is 19.1 Å². The highest BCUT2D eigenvalue weighted by atomic mass is 19.1. The molecule has 2 saturated heterocycles. The minimum Gasteiger partial charge on any atom is -0.507 e. The number of halogens is 1. The van der Waals surface area contributed by atoms with Gasteiger partial charge >= 0.3 is 0 Å². The second-order valence-electron chi connectivity index (χ2n) is 10.4. The highest BCUT2D eigenvalue weighted by Gasteiger charge is 2.46. The maximum Gasteiger partial charge on any atom is 0.255 e. The maximum absolute atomic E-state index is 13.6. The number of fused-ring (bicyclic) bond motifs is 2. The Labute approximate surface area is 204 Å². The molecule has 35 heavy (non-hydrogen) atoms. The molecule has 8 nitrogen and oxygen atoms in total. The van der Waals surface area contributed by atoms with Crippen molar-refractivity contribution in [3.8, 4) is 34.0 Å². The van der Waals surface area contributed by atoms with Crippen LogP contribution in [0.15, 0.2) is 36.7 Å². The molecule has 0 unspecified atom stereocenters. The molecular weight excluding hydrogens is 447 g/mol. The molecule has 0 amide bonds. The minimum atomic E-state index is -0.683. The number of phenolic OH excluding ortho intramolecular Hbond substituents is 1. The Morgan fingerprint density at radius 1 is 1.06 bits per heavy atom. The monoisotopic (exact) mass is 478 g/mol. The Hall–Kier alpha value is -3.33. The summed E-state index contributed by atoms with van der Waals surface area (Å²) in [6.45, 7) is 4.64. The van der Waals surface area contributed by atoms with Crippen molar-refractivity contribution in [1.82, 2.24) is 25.5 Å². The van der Waals surface area contributed by atoms with E-state index in [0.717, 1.165) is 12.8 Å². The molecule has 4 heterocycles. The number of phenols is 1. The van der Waals surface area contributed by atoms with E-state index in [0.29, 0.717) is 34.4 Å². The molecule has 2 aliphatic rings. The lowest BCUT2D eigenvalue weighted by molar-refractivity contribution is 0.0784. The van der Waals surface area contributed by atoms with Crippen molar-refractivity contribution >= 4 is 5.82 Å². The highest BCUT2D eigenvalue weighted by Crippen LogP contribution is 2.42. The number of methoxy groups -OCH3 is 1. The lowest BCUT2D eigenvalue weighted by Crippen LogP contribution is -2.66. The van der Waals surface area contributed by atoms with Gasteiger partial charge in [0.05, 0.1) is 18.9 Å².